The minimum atomic E-state index is 0.217. The van der Waals surface area contributed by atoms with Gasteiger partial charge in [-0.05, 0) is 29.3 Å². The fourth-order valence-electron chi connectivity index (χ4n) is 2.75. The van der Waals surface area contributed by atoms with Crippen LogP contribution in [0.25, 0.3) is 10.8 Å². The summed E-state index contributed by atoms with van der Waals surface area (Å²) in [4.78, 5) is 12.3. The molecule has 0 spiro atoms. The molecule has 0 saturated carbocycles. The van der Waals surface area contributed by atoms with E-state index >= 15 is 0 Å². The lowest BCUT2D eigenvalue weighted by molar-refractivity contribution is -0.117. The summed E-state index contributed by atoms with van der Waals surface area (Å²) in [5.74, 6) is 0.217. The Morgan fingerprint density at radius 2 is 1.86 bits per heavy atom. The first-order chi connectivity index (χ1) is 10.1. The second-order valence-corrected chi connectivity index (χ2v) is 5.43. The Hall–Kier alpha value is -2.42. The van der Waals surface area contributed by atoms with Gasteiger partial charge in [-0.25, -0.2) is 0 Å². The zero-order valence-electron chi connectivity index (χ0n) is 12.3. The largest absolute Gasteiger partial charge is 0.299 e. The van der Waals surface area contributed by atoms with Crippen LogP contribution in [0.2, 0.25) is 0 Å². The summed E-state index contributed by atoms with van der Waals surface area (Å²) >= 11 is 0. The lowest BCUT2D eigenvalue weighted by atomic mass is 9.99. The Balaban J connectivity index is 1.82. The predicted octanol–water partition coefficient (Wildman–Crippen LogP) is 3.24. The number of Topliss-reactive ketones (excluding diaryl/α,β-unsaturated/α-hetero) is 1. The normalized spacial score (nSPS) is 11.0. The number of hydrogen-bond acceptors (Lipinski definition) is 2. The summed E-state index contributed by atoms with van der Waals surface area (Å²) in [6, 6.07) is 16.3. The smallest absolute Gasteiger partial charge is 0.143 e. The average Bonchev–Trinajstić information content (AvgIpc) is 2.77. The second-order valence-electron chi connectivity index (χ2n) is 5.43. The topological polar surface area (TPSA) is 34.9 Å². The molecule has 0 fully saturated rings. The van der Waals surface area contributed by atoms with Crippen molar-refractivity contribution in [2.24, 2.45) is 7.05 Å². The highest BCUT2D eigenvalue weighted by atomic mass is 16.1. The van der Waals surface area contributed by atoms with Crippen LogP contribution < -0.4 is 0 Å². The summed E-state index contributed by atoms with van der Waals surface area (Å²) in [5.41, 5.74) is 3.01. The van der Waals surface area contributed by atoms with Crippen molar-refractivity contribution in [3.63, 3.8) is 0 Å². The number of ketones is 1. The van der Waals surface area contributed by atoms with Crippen molar-refractivity contribution in [2.45, 2.75) is 19.8 Å². The molecule has 1 heterocycles. The Morgan fingerprint density at radius 1 is 1.10 bits per heavy atom. The molecule has 0 bridgehead atoms. The van der Waals surface area contributed by atoms with E-state index in [2.05, 4.69) is 23.3 Å². The Kier molecular flexibility index (Phi) is 3.57. The summed E-state index contributed by atoms with van der Waals surface area (Å²) in [6.07, 6.45) is 0.895. The molecule has 1 aromatic heterocycles. The van der Waals surface area contributed by atoms with Gasteiger partial charge in [-0.15, -0.1) is 0 Å². The van der Waals surface area contributed by atoms with E-state index < -0.39 is 0 Å². The van der Waals surface area contributed by atoms with Gasteiger partial charge in [-0.2, -0.15) is 5.10 Å². The van der Waals surface area contributed by atoms with Crippen LogP contribution in [0.5, 0.6) is 0 Å². The maximum atomic E-state index is 12.3. The van der Waals surface area contributed by atoms with E-state index in [0.717, 1.165) is 22.3 Å². The lowest BCUT2D eigenvalue weighted by Gasteiger charge is -2.06. The minimum Gasteiger partial charge on any atom is -0.299 e. The molecule has 0 amide bonds. The molecule has 3 rings (SSSR count). The fraction of sp³-hybridized carbons (Fsp3) is 0.222. The SMILES string of the molecule is Cc1cc(CC(=O)Cc2cccc3ccccc23)n(C)n1. The standard InChI is InChI=1S/C18H18N2O/c1-13-10-16(20(2)19-13)12-17(21)11-15-8-5-7-14-6-3-4-9-18(14)15/h3-10H,11-12H2,1-2H3. The second kappa shape index (κ2) is 5.52. The predicted molar refractivity (Wildman–Crippen MR) is 84.3 cm³/mol. The monoisotopic (exact) mass is 278 g/mol. The van der Waals surface area contributed by atoms with E-state index in [4.69, 9.17) is 0 Å². The average molecular weight is 278 g/mol. The van der Waals surface area contributed by atoms with E-state index in [1.54, 1.807) is 4.68 Å². The van der Waals surface area contributed by atoms with Gasteiger partial charge < -0.3 is 0 Å². The number of hydrogen-bond donors (Lipinski definition) is 0. The number of aryl methyl sites for hydroxylation is 2. The van der Waals surface area contributed by atoms with E-state index in [0.29, 0.717) is 12.8 Å². The molecule has 0 atom stereocenters. The van der Waals surface area contributed by atoms with Crippen molar-refractivity contribution < 1.29 is 4.79 Å². The first-order valence-electron chi connectivity index (χ1n) is 7.11. The molecular formula is C18H18N2O. The molecule has 3 heteroatoms. The maximum absolute atomic E-state index is 12.3. The highest BCUT2D eigenvalue weighted by Crippen LogP contribution is 2.19. The van der Waals surface area contributed by atoms with Crippen molar-refractivity contribution in [3.05, 3.63) is 65.5 Å². The third kappa shape index (κ3) is 2.87. The van der Waals surface area contributed by atoms with Crippen LogP contribution in [0, 0.1) is 6.92 Å². The van der Waals surface area contributed by atoms with Crippen molar-refractivity contribution in [2.75, 3.05) is 0 Å². The molecule has 0 saturated heterocycles. The molecule has 0 N–H and O–H groups in total. The van der Waals surface area contributed by atoms with Crippen molar-refractivity contribution in [1.29, 1.82) is 0 Å². The van der Waals surface area contributed by atoms with E-state index in [1.165, 1.54) is 5.39 Å². The molecule has 21 heavy (non-hydrogen) atoms. The van der Waals surface area contributed by atoms with Gasteiger partial charge >= 0.3 is 0 Å². The van der Waals surface area contributed by atoms with Gasteiger partial charge in [0.15, 0.2) is 0 Å². The number of rotatable bonds is 4. The van der Waals surface area contributed by atoms with E-state index in [9.17, 15) is 4.79 Å². The minimum absolute atomic E-state index is 0.217. The van der Waals surface area contributed by atoms with Gasteiger partial charge in [0, 0.05) is 25.6 Å². The van der Waals surface area contributed by atoms with E-state index in [1.807, 2.05) is 44.3 Å². The first-order valence-corrected chi connectivity index (χ1v) is 7.11. The summed E-state index contributed by atoms with van der Waals surface area (Å²) in [7, 11) is 1.88. The van der Waals surface area contributed by atoms with Crippen molar-refractivity contribution in [3.8, 4) is 0 Å². The molecule has 0 radical (unpaired) electrons. The molecule has 106 valence electrons. The van der Waals surface area contributed by atoms with Crippen LogP contribution in [0.15, 0.2) is 48.5 Å². The van der Waals surface area contributed by atoms with Crippen LogP contribution in [0.3, 0.4) is 0 Å². The third-order valence-electron chi connectivity index (χ3n) is 3.74. The van der Waals surface area contributed by atoms with Gasteiger partial charge in [-0.1, -0.05) is 42.5 Å². The van der Waals surface area contributed by atoms with Gasteiger partial charge in [0.1, 0.15) is 5.78 Å². The van der Waals surface area contributed by atoms with Gasteiger partial charge in [0.25, 0.3) is 0 Å². The summed E-state index contributed by atoms with van der Waals surface area (Å²) in [5, 5.41) is 6.63. The molecule has 2 aromatic carbocycles. The van der Waals surface area contributed by atoms with E-state index in [-0.39, 0.29) is 5.78 Å². The fourth-order valence-corrected chi connectivity index (χ4v) is 2.75. The van der Waals surface area contributed by atoms with Gasteiger partial charge in [0.2, 0.25) is 0 Å². The Bertz CT molecular complexity index is 797. The summed E-state index contributed by atoms with van der Waals surface area (Å²) in [6.45, 7) is 1.94. The molecule has 0 aliphatic rings. The number of aromatic nitrogens is 2. The Labute approximate surface area is 124 Å². The first kappa shape index (κ1) is 13.6. The molecule has 3 aromatic rings. The Morgan fingerprint density at radius 3 is 2.62 bits per heavy atom. The quantitative estimate of drug-likeness (QED) is 0.734. The number of carbonyl (C=O) groups excluding carboxylic acids is 1. The van der Waals surface area contributed by atoms with Crippen LogP contribution in [-0.4, -0.2) is 15.6 Å². The van der Waals surface area contributed by atoms with Crippen LogP contribution in [0.4, 0.5) is 0 Å². The lowest BCUT2D eigenvalue weighted by Crippen LogP contribution is -2.10. The molecule has 0 aliphatic heterocycles. The van der Waals surface area contributed by atoms with Gasteiger partial charge in [0.05, 0.1) is 5.69 Å². The zero-order valence-corrected chi connectivity index (χ0v) is 12.3. The van der Waals surface area contributed by atoms with Crippen LogP contribution >= 0.6 is 0 Å². The van der Waals surface area contributed by atoms with Crippen LogP contribution in [-0.2, 0) is 24.7 Å². The molecule has 3 nitrogen and oxygen atoms in total. The third-order valence-corrected chi connectivity index (χ3v) is 3.74. The number of fused-ring (bicyclic) bond motifs is 1. The number of benzene rings is 2. The zero-order chi connectivity index (χ0) is 14.8. The molecular weight excluding hydrogens is 260 g/mol. The highest BCUT2D eigenvalue weighted by molar-refractivity contribution is 5.91. The molecule has 0 aliphatic carbocycles. The summed E-state index contributed by atoms with van der Waals surface area (Å²) < 4.78 is 1.79. The molecule has 0 unspecified atom stereocenters. The highest BCUT2D eigenvalue weighted by Gasteiger charge is 2.11. The van der Waals surface area contributed by atoms with Crippen molar-refractivity contribution in [1.82, 2.24) is 9.78 Å². The number of nitrogens with zero attached hydrogens (tertiary/aromatic N) is 2. The maximum Gasteiger partial charge on any atom is 0.143 e. The number of carbonyl (C=O) groups is 1. The van der Waals surface area contributed by atoms with Gasteiger partial charge in [-0.3, -0.25) is 9.48 Å². The van der Waals surface area contributed by atoms with Crippen molar-refractivity contribution >= 4 is 16.6 Å². The van der Waals surface area contributed by atoms with Crippen LogP contribution in [0.1, 0.15) is 17.0 Å².